The molecular weight excluding hydrogens is 252 g/mol. The van der Waals surface area contributed by atoms with Crippen LogP contribution in [-0.2, 0) is 23.1 Å². The molecule has 0 bridgehead atoms. The number of carboxylic acid groups (broad SMARTS) is 1. The molecule has 1 atom stereocenters. The molecule has 8 nitrogen and oxygen atoms in total. The molecule has 0 aliphatic rings. The molecule has 1 rings (SSSR count). The fraction of sp³-hybridized carbons (Fsp3) is 0.545. The van der Waals surface area contributed by atoms with Crippen molar-refractivity contribution in [1.82, 2.24) is 20.4 Å². The summed E-state index contributed by atoms with van der Waals surface area (Å²) in [5.41, 5.74) is 1.86. The minimum Gasteiger partial charge on any atom is -0.479 e. The van der Waals surface area contributed by atoms with Gasteiger partial charge in [0.2, 0.25) is 0 Å². The first kappa shape index (κ1) is 15.0. The zero-order valence-corrected chi connectivity index (χ0v) is 11.1. The van der Waals surface area contributed by atoms with Crippen LogP contribution in [0.1, 0.15) is 11.3 Å². The van der Waals surface area contributed by atoms with Crippen molar-refractivity contribution in [2.24, 2.45) is 7.05 Å². The second-order valence-electron chi connectivity index (χ2n) is 4.00. The van der Waals surface area contributed by atoms with Gasteiger partial charge in [0.15, 0.2) is 6.10 Å². The number of amides is 2. The zero-order chi connectivity index (χ0) is 14.4. The van der Waals surface area contributed by atoms with Crippen LogP contribution in [0.15, 0.2) is 6.20 Å². The molecular formula is C11H18N4O4. The summed E-state index contributed by atoms with van der Waals surface area (Å²) in [4.78, 5) is 22.1. The first-order valence-corrected chi connectivity index (χ1v) is 5.70. The van der Waals surface area contributed by atoms with Crippen molar-refractivity contribution in [3.63, 3.8) is 0 Å². The number of carbonyl (C=O) groups excluding carboxylic acids is 1. The third-order valence-electron chi connectivity index (χ3n) is 2.78. The van der Waals surface area contributed by atoms with E-state index in [9.17, 15) is 9.59 Å². The predicted octanol–water partition coefficient (Wildman–Crippen LogP) is -0.373. The van der Waals surface area contributed by atoms with Crippen LogP contribution in [-0.4, -0.2) is 46.6 Å². The van der Waals surface area contributed by atoms with Gasteiger partial charge in [-0.1, -0.05) is 0 Å². The van der Waals surface area contributed by atoms with Gasteiger partial charge in [-0.25, -0.2) is 9.59 Å². The SMILES string of the molecule is COC(CNC(=O)NCc1cnn(C)c1C)C(=O)O. The van der Waals surface area contributed by atoms with Crippen LogP contribution in [0.2, 0.25) is 0 Å². The molecule has 1 unspecified atom stereocenters. The number of urea groups is 1. The number of aliphatic carboxylic acids is 1. The van der Waals surface area contributed by atoms with E-state index < -0.39 is 18.1 Å². The Morgan fingerprint density at radius 1 is 1.53 bits per heavy atom. The van der Waals surface area contributed by atoms with Crippen LogP contribution < -0.4 is 10.6 Å². The van der Waals surface area contributed by atoms with Gasteiger partial charge >= 0.3 is 12.0 Å². The summed E-state index contributed by atoms with van der Waals surface area (Å²) in [6.07, 6.45) is 0.621. The average Bonchev–Trinajstić information content (AvgIpc) is 2.68. The number of nitrogens with zero attached hydrogens (tertiary/aromatic N) is 2. The number of hydrogen-bond donors (Lipinski definition) is 3. The largest absolute Gasteiger partial charge is 0.479 e. The van der Waals surface area contributed by atoms with Crippen molar-refractivity contribution in [2.45, 2.75) is 19.6 Å². The summed E-state index contributed by atoms with van der Waals surface area (Å²) in [6.45, 7) is 2.13. The van der Waals surface area contributed by atoms with E-state index in [0.717, 1.165) is 11.3 Å². The second-order valence-corrected chi connectivity index (χ2v) is 4.00. The number of hydrogen-bond acceptors (Lipinski definition) is 4. The third kappa shape index (κ3) is 4.25. The number of carbonyl (C=O) groups is 2. The maximum Gasteiger partial charge on any atom is 0.334 e. The van der Waals surface area contributed by atoms with E-state index in [0.29, 0.717) is 6.54 Å². The van der Waals surface area contributed by atoms with Gasteiger partial charge in [-0.3, -0.25) is 4.68 Å². The normalized spacial score (nSPS) is 11.9. The Hall–Kier alpha value is -2.09. The van der Waals surface area contributed by atoms with E-state index in [2.05, 4.69) is 15.7 Å². The van der Waals surface area contributed by atoms with E-state index in [-0.39, 0.29) is 6.54 Å². The van der Waals surface area contributed by atoms with E-state index in [1.807, 2.05) is 14.0 Å². The quantitative estimate of drug-likeness (QED) is 0.654. The molecule has 0 aliphatic carbocycles. The fourth-order valence-corrected chi connectivity index (χ4v) is 1.41. The van der Waals surface area contributed by atoms with Crippen LogP contribution in [0.3, 0.4) is 0 Å². The maximum atomic E-state index is 11.5. The Bertz CT molecular complexity index is 458. The van der Waals surface area contributed by atoms with Crippen molar-refractivity contribution in [2.75, 3.05) is 13.7 Å². The number of aromatic nitrogens is 2. The minimum atomic E-state index is -1.12. The number of aryl methyl sites for hydroxylation is 1. The molecule has 0 saturated heterocycles. The van der Waals surface area contributed by atoms with Gasteiger partial charge < -0.3 is 20.5 Å². The minimum absolute atomic E-state index is 0.0936. The summed E-state index contributed by atoms with van der Waals surface area (Å²) in [7, 11) is 3.09. The van der Waals surface area contributed by atoms with Crippen LogP contribution in [0, 0.1) is 6.92 Å². The molecule has 1 aromatic heterocycles. The van der Waals surface area contributed by atoms with Gasteiger partial charge in [-0.2, -0.15) is 5.10 Å². The molecule has 0 saturated carbocycles. The average molecular weight is 270 g/mol. The number of ether oxygens (including phenoxy) is 1. The first-order chi connectivity index (χ1) is 8.95. The molecule has 0 aromatic carbocycles. The van der Waals surface area contributed by atoms with Crippen molar-refractivity contribution in [1.29, 1.82) is 0 Å². The highest BCUT2D eigenvalue weighted by atomic mass is 16.5. The maximum absolute atomic E-state index is 11.5. The zero-order valence-electron chi connectivity index (χ0n) is 11.1. The standard InChI is InChI=1S/C11H18N4O4/c1-7-8(5-14-15(7)2)4-12-11(18)13-6-9(19-3)10(16)17/h5,9H,4,6H2,1-3H3,(H,16,17)(H2,12,13,18). The highest BCUT2D eigenvalue weighted by molar-refractivity contribution is 5.76. The van der Waals surface area contributed by atoms with E-state index in [1.165, 1.54) is 7.11 Å². The molecule has 2 amide bonds. The third-order valence-corrected chi connectivity index (χ3v) is 2.78. The van der Waals surface area contributed by atoms with Gasteiger partial charge in [0.1, 0.15) is 0 Å². The Morgan fingerprint density at radius 2 is 2.21 bits per heavy atom. The molecule has 3 N–H and O–H groups in total. The van der Waals surface area contributed by atoms with Crippen LogP contribution in [0.4, 0.5) is 4.79 Å². The van der Waals surface area contributed by atoms with Crippen molar-refractivity contribution >= 4 is 12.0 Å². The van der Waals surface area contributed by atoms with Gasteiger partial charge in [-0.15, -0.1) is 0 Å². The molecule has 19 heavy (non-hydrogen) atoms. The lowest BCUT2D eigenvalue weighted by molar-refractivity contribution is -0.147. The summed E-state index contributed by atoms with van der Waals surface area (Å²) in [6, 6.07) is -0.452. The van der Waals surface area contributed by atoms with Crippen molar-refractivity contribution in [3.8, 4) is 0 Å². The second kappa shape index (κ2) is 6.74. The van der Waals surface area contributed by atoms with Crippen molar-refractivity contribution < 1.29 is 19.4 Å². The van der Waals surface area contributed by atoms with E-state index in [4.69, 9.17) is 9.84 Å². The van der Waals surface area contributed by atoms with Crippen molar-refractivity contribution in [3.05, 3.63) is 17.5 Å². The Morgan fingerprint density at radius 3 is 2.68 bits per heavy atom. The molecule has 1 heterocycles. The molecule has 0 fully saturated rings. The topological polar surface area (TPSA) is 105 Å². The number of nitrogens with one attached hydrogen (secondary N) is 2. The molecule has 106 valence electrons. The first-order valence-electron chi connectivity index (χ1n) is 5.70. The van der Waals surface area contributed by atoms with E-state index in [1.54, 1.807) is 10.9 Å². The predicted molar refractivity (Wildman–Crippen MR) is 66.6 cm³/mol. The summed E-state index contributed by atoms with van der Waals surface area (Å²) in [5, 5.41) is 17.8. The molecule has 0 radical (unpaired) electrons. The number of methoxy groups -OCH3 is 1. The lowest BCUT2D eigenvalue weighted by atomic mass is 10.2. The molecule has 0 aliphatic heterocycles. The van der Waals surface area contributed by atoms with E-state index >= 15 is 0 Å². The number of rotatable bonds is 6. The Labute approximate surface area is 110 Å². The fourth-order valence-electron chi connectivity index (χ4n) is 1.41. The molecule has 1 aromatic rings. The Balaban J connectivity index is 2.36. The van der Waals surface area contributed by atoms with Gasteiger partial charge in [0.05, 0.1) is 12.7 Å². The van der Waals surface area contributed by atoms with Gasteiger partial charge in [-0.05, 0) is 6.92 Å². The summed E-state index contributed by atoms with van der Waals surface area (Å²) >= 11 is 0. The van der Waals surface area contributed by atoms with Gasteiger partial charge in [0, 0.05) is 32.0 Å². The van der Waals surface area contributed by atoms with Gasteiger partial charge in [0.25, 0.3) is 0 Å². The highest BCUT2D eigenvalue weighted by Crippen LogP contribution is 2.04. The van der Waals surface area contributed by atoms with Crippen LogP contribution in [0.25, 0.3) is 0 Å². The molecule has 8 heteroatoms. The highest BCUT2D eigenvalue weighted by Gasteiger charge is 2.17. The summed E-state index contributed by atoms with van der Waals surface area (Å²) < 4.78 is 6.40. The van der Waals surface area contributed by atoms with Crippen LogP contribution in [0.5, 0.6) is 0 Å². The smallest absolute Gasteiger partial charge is 0.334 e. The summed E-state index contributed by atoms with van der Waals surface area (Å²) in [5.74, 6) is -1.12. The monoisotopic (exact) mass is 270 g/mol. The number of carboxylic acids is 1. The van der Waals surface area contributed by atoms with Crippen LogP contribution >= 0.6 is 0 Å². The lowest BCUT2D eigenvalue weighted by Crippen LogP contribution is -2.42. The Kier molecular flexibility index (Phi) is 5.31. The lowest BCUT2D eigenvalue weighted by Gasteiger charge is -2.12. The molecule has 0 spiro atoms.